The van der Waals surface area contributed by atoms with Crippen LogP contribution in [0.2, 0.25) is 0 Å². The van der Waals surface area contributed by atoms with Crippen LogP contribution in [0.1, 0.15) is 58.3 Å². The molecular formula is C18H36N4O. The minimum Gasteiger partial charge on any atom is -0.382 e. The van der Waals surface area contributed by atoms with Crippen molar-refractivity contribution in [2.75, 3.05) is 39.4 Å². The van der Waals surface area contributed by atoms with E-state index >= 15 is 0 Å². The molecule has 2 aliphatic rings. The predicted octanol–water partition coefficient (Wildman–Crippen LogP) is 2.36. The molecule has 134 valence electrons. The number of nitrogens with one attached hydrogen (secondary N) is 1. The molecule has 5 nitrogen and oxygen atoms in total. The maximum Gasteiger partial charge on any atom is 0.188 e. The quantitative estimate of drug-likeness (QED) is 0.388. The van der Waals surface area contributed by atoms with E-state index in [0.717, 1.165) is 38.6 Å². The summed E-state index contributed by atoms with van der Waals surface area (Å²) in [6.45, 7) is 7.80. The number of likely N-dealkylation sites (tertiary alicyclic amines) is 1. The Labute approximate surface area is 142 Å². The number of aliphatic imine (C=N–C) groups is 1. The van der Waals surface area contributed by atoms with Crippen LogP contribution >= 0.6 is 0 Å². The number of rotatable bonds is 9. The molecule has 2 fully saturated rings. The Morgan fingerprint density at radius 1 is 1.22 bits per heavy atom. The van der Waals surface area contributed by atoms with Gasteiger partial charge in [-0.15, -0.1) is 0 Å². The highest BCUT2D eigenvalue weighted by molar-refractivity contribution is 5.77. The number of ether oxygens (including phenoxy) is 1. The maximum absolute atomic E-state index is 5.98. The van der Waals surface area contributed by atoms with Crippen LogP contribution in [-0.4, -0.2) is 56.3 Å². The van der Waals surface area contributed by atoms with Crippen LogP contribution in [0.3, 0.4) is 0 Å². The van der Waals surface area contributed by atoms with Crippen molar-refractivity contribution in [3.05, 3.63) is 0 Å². The number of hydrogen-bond donors (Lipinski definition) is 2. The SMILES string of the molecule is CCOCCCNC(N)=NCC1CCCN1CC1CCCCC1. The van der Waals surface area contributed by atoms with E-state index in [9.17, 15) is 0 Å². The topological polar surface area (TPSA) is 62.9 Å². The van der Waals surface area contributed by atoms with Gasteiger partial charge in [0.2, 0.25) is 0 Å². The Kier molecular flexibility index (Phi) is 8.76. The second-order valence-electron chi connectivity index (χ2n) is 7.00. The fourth-order valence-electron chi connectivity index (χ4n) is 3.84. The summed E-state index contributed by atoms with van der Waals surface area (Å²) >= 11 is 0. The number of nitrogens with two attached hydrogens (primary N) is 1. The van der Waals surface area contributed by atoms with Gasteiger partial charge in [0, 0.05) is 32.3 Å². The lowest BCUT2D eigenvalue weighted by molar-refractivity contribution is 0.145. The molecule has 1 aliphatic carbocycles. The van der Waals surface area contributed by atoms with Crippen LogP contribution in [0, 0.1) is 5.92 Å². The van der Waals surface area contributed by atoms with Crippen molar-refractivity contribution in [2.45, 2.75) is 64.3 Å². The molecule has 0 radical (unpaired) electrons. The van der Waals surface area contributed by atoms with Crippen molar-refractivity contribution >= 4 is 5.96 Å². The fraction of sp³-hybridized carbons (Fsp3) is 0.944. The van der Waals surface area contributed by atoms with E-state index in [1.165, 1.54) is 58.0 Å². The normalized spacial score (nSPS) is 24.2. The third kappa shape index (κ3) is 7.08. The zero-order chi connectivity index (χ0) is 16.3. The molecule has 1 atom stereocenters. The summed E-state index contributed by atoms with van der Waals surface area (Å²) in [4.78, 5) is 7.24. The van der Waals surface area contributed by atoms with Crippen LogP contribution in [0.15, 0.2) is 4.99 Å². The van der Waals surface area contributed by atoms with E-state index in [0.29, 0.717) is 12.0 Å². The van der Waals surface area contributed by atoms with Gasteiger partial charge >= 0.3 is 0 Å². The van der Waals surface area contributed by atoms with E-state index in [4.69, 9.17) is 10.5 Å². The minimum absolute atomic E-state index is 0.589. The molecule has 0 aromatic carbocycles. The van der Waals surface area contributed by atoms with E-state index < -0.39 is 0 Å². The Balaban J connectivity index is 1.65. The zero-order valence-corrected chi connectivity index (χ0v) is 14.9. The molecule has 0 bridgehead atoms. The first-order valence-corrected chi connectivity index (χ1v) is 9.65. The van der Waals surface area contributed by atoms with Gasteiger partial charge in [-0.1, -0.05) is 19.3 Å². The third-order valence-electron chi connectivity index (χ3n) is 5.16. The van der Waals surface area contributed by atoms with Gasteiger partial charge in [0.05, 0.1) is 6.54 Å². The summed E-state index contributed by atoms with van der Waals surface area (Å²) in [5.41, 5.74) is 5.98. The van der Waals surface area contributed by atoms with E-state index in [2.05, 4.69) is 15.2 Å². The van der Waals surface area contributed by atoms with Crippen molar-refractivity contribution < 1.29 is 4.74 Å². The Morgan fingerprint density at radius 3 is 2.83 bits per heavy atom. The lowest BCUT2D eigenvalue weighted by atomic mass is 9.89. The van der Waals surface area contributed by atoms with Crippen molar-refractivity contribution in [1.29, 1.82) is 0 Å². The molecule has 23 heavy (non-hydrogen) atoms. The van der Waals surface area contributed by atoms with Crippen molar-refractivity contribution in [3.63, 3.8) is 0 Å². The molecule has 0 aromatic rings. The number of nitrogens with zero attached hydrogens (tertiary/aromatic N) is 2. The molecule has 1 heterocycles. The van der Waals surface area contributed by atoms with Gasteiger partial charge < -0.3 is 15.8 Å². The molecular weight excluding hydrogens is 288 g/mol. The van der Waals surface area contributed by atoms with E-state index in [1.807, 2.05) is 6.92 Å². The Hall–Kier alpha value is -0.810. The van der Waals surface area contributed by atoms with Crippen LogP contribution in [0.5, 0.6) is 0 Å². The third-order valence-corrected chi connectivity index (χ3v) is 5.16. The average Bonchev–Trinajstić information content (AvgIpc) is 3.01. The molecule has 1 aliphatic heterocycles. The molecule has 0 spiro atoms. The average molecular weight is 325 g/mol. The highest BCUT2D eigenvalue weighted by Gasteiger charge is 2.27. The highest BCUT2D eigenvalue weighted by Crippen LogP contribution is 2.27. The monoisotopic (exact) mass is 324 g/mol. The Bertz CT molecular complexity index is 342. The Morgan fingerprint density at radius 2 is 2.04 bits per heavy atom. The summed E-state index contributed by atoms with van der Waals surface area (Å²) < 4.78 is 5.32. The van der Waals surface area contributed by atoms with Crippen LogP contribution in [0.4, 0.5) is 0 Å². The molecule has 0 amide bonds. The fourth-order valence-corrected chi connectivity index (χ4v) is 3.84. The first kappa shape index (κ1) is 18.5. The van der Waals surface area contributed by atoms with Crippen LogP contribution < -0.4 is 11.1 Å². The molecule has 1 unspecified atom stereocenters. The number of hydrogen-bond acceptors (Lipinski definition) is 3. The van der Waals surface area contributed by atoms with Crippen LogP contribution in [0.25, 0.3) is 0 Å². The standard InChI is InChI=1S/C18H36N4O/c1-2-23-13-7-11-20-18(19)21-14-17-10-6-12-22(17)15-16-8-4-3-5-9-16/h16-17H,2-15H2,1H3,(H3,19,20,21). The molecule has 5 heteroatoms. The van der Waals surface area contributed by atoms with Gasteiger partial charge in [-0.25, -0.2) is 0 Å². The van der Waals surface area contributed by atoms with Crippen molar-refractivity contribution in [3.8, 4) is 0 Å². The zero-order valence-electron chi connectivity index (χ0n) is 14.9. The van der Waals surface area contributed by atoms with E-state index in [1.54, 1.807) is 0 Å². The molecule has 0 aromatic heterocycles. The summed E-state index contributed by atoms with van der Waals surface area (Å²) in [7, 11) is 0. The van der Waals surface area contributed by atoms with Gasteiger partial charge in [-0.05, 0) is 51.5 Å². The smallest absolute Gasteiger partial charge is 0.188 e. The minimum atomic E-state index is 0.589. The van der Waals surface area contributed by atoms with E-state index in [-0.39, 0.29) is 0 Å². The van der Waals surface area contributed by atoms with Gasteiger partial charge in [0.1, 0.15) is 0 Å². The maximum atomic E-state index is 5.98. The lowest BCUT2D eigenvalue weighted by Gasteiger charge is -2.30. The molecule has 3 N–H and O–H groups in total. The molecule has 1 saturated carbocycles. The van der Waals surface area contributed by atoms with Crippen LogP contribution in [-0.2, 0) is 4.74 Å². The second kappa shape index (κ2) is 10.9. The molecule has 1 saturated heterocycles. The summed E-state index contributed by atoms with van der Waals surface area (Å²) in [6.07, 6.45) is 10.7. The lowest BCUT2D eigenvalue weighted by Crippen LogP contribution is -2.38. The molecule has 2 rings (SSSR count). The second-order valence-corrected chi connectivity index (χ2v) is 7.00. The van der Waals surface area contributed by atoms with Gasteiger partial charge in [0.25, 0.3) is 0 Å². The summed E-state index contributed by atoms with van der Waals surface area (Å²) in [5, 5.41) is 3.19. The van der Waals surface area contributed by atoms with Gasteiger partial charge in [-0.2, -0.15) is 0 Å². The summed E-state index contributed by atoms with van der Waals surface area (Å²) in [6, 6.07) is 0.598. The van der Waals surface area contributed by atoms with Crippen molar-refractivity contribution in [2.24, 2.45) is 16.6 Å². The first-order chi connectivity index (χ1) is 11.3. The highest BCUT2D eigenvalue weighted by atomic mass is 16.5. The van der Waals surface area contributed by atoms with Crippen molar-refractivity contribution in [1.82, 2.24) is 10.2 Å². The summed E-state index contributed by atoms with van der Waals surface area (Å²) in [5.74, 6) is 1.51. The first-order valence-electron chi connectivity index (χ1n) is 9.65. The van der Waals surface area contributed by atoms with Gasteiger partial charge in [-0.3, -0.25) is 9.89 Å². The van der Waals surface area contributed by atoms with Gasteiger partial charge in [0.15, 0.2) is 5.96 Å². The predicted molar refractivity (Wildman–Crippen MR) is 96.8 cm³/mol. The number of guanidine groups is 1. The largest absolute Gasteiger partial charge is 0.382 e.